The first kappa shape index (κ1) is 18.9. The number of nitrogens with one attached hydrogen (secondary N) is 1. The molecular weight excluding hydrogens is 388 g/mol. The van der Waals surface area contributed by atoms with Crippen molar-refractivity contribution in [3.05, 3.63) is 65.6 Å². The zero-order valence-corrected chi connectivity index (χ0v) is 17.0. The number of carbonyl (C=O) groups is 1. The summed E-state index contributed by atoms with van der Waals surface area (Å²) >= 11 is 6.05. The van der Waals surface area contributed by atoms with Crippen LogP contribution in [0.5, 0.6) is 0 Å². The van der Waals surface area contributed by atoms with Gasteiger partial charge in [0.25, 0.3) is 5.91 Å². The number of carbonyl (C=O) groups excluding carboxylic acids is 1. The van der Waals surface area contributed by atoms with E-state index in [9.17, 15) is 4.79 Å². The van der Waals surface area contributed by atoms with Gasteiger partial charge in [-0.1, -0.05) is 17.7 Å². The molecule has 0 spiro atoms. The normalized spacial score (nSPS) is 10.9. The third kappa shape index (κ3) is 3.77. The lowest BCUT2D eigenvalue weighted by atomic mass is 10.2. The molecule has 8 heteroatoms. The smallest absolute Gasteiger partial charge is 0.269 e. The van der Waals surface area contributed by atoms with E-state index in [0.717, 1.165) is 16.6 Å². The number of nitrogens with zero attached hydrogens (tertiary/aromatic N) is 5. The second kappa shape index (κ2) is 7.52. The number of anilines is 2. The third-order valence-corrected chi connectivity index (χ3v) is 4.80. The van der Waals surface area contributed by atoms with Crippen molar-refractivity contribution in [3.8, 4) is 11.4 Å². The number of fused-ring (bicyclic) bond motifs is 1. The van der Waals surface area contributed by atoms with E-state index in [2.05, 4.69) is 20.3 Å². The quantitative estimate of drug-likeness (QED) is 0.551. The summed E-state index contributed by atoms with van der Waals surface area (Å²) in [5.41, 5.74) is 3.73. The number of aryl methyl sites for hydroxylation is 1. The lowest BCUT2D eigenvalue weighted by molar-refractivity contribution is 0.0819. The van der Waals surface area contributed by atoms with Gasteiger partial charge in [0, 0.05) is 49.6 Å². The Kier molecular flexibility index (Phi) is 4.90. The molecule has 0 atom stereocenters. The van der Waals surface area contributed by atoms with Crippen LogP contribution in [0.1, 0.15) is 10.5 Å². The van der Waals surface area contributed by atoms with Crippen LogP contribution in [0.4, 0.5) is 11.6 Å². The highest BCUT2D eigenvalue weighted by Gasteiger charge is 2.15. The van der Waals surface area contributed by atoms with Gasteiger partial charge in [-0.15, -0.1) is 0 Å². The second-order valence-corrected chi connectivity index (χ2v) is 7.25. The van der Waals surface area contributed by atoms with Crippen LogP contribution in [-0.2, 0) is 7.05 Å². The average molecular weight is 407 g/mol. The first-order valence-corrected chi connectivity index (χ1v) is 9.33. The van der Waals surface area contributed by atoms with Crippen LogP contribution in [0.3, 0.4) is 0 Å². The van der Waals surface area contributed by atoms with E-state index < -0.39 is 0 Å². The second-order valence-electron chi connectivity index (χ2n) is 6.81. The maximum Gasteiger partial charge on any atom is 0.269 e. The molecule has 0 saturated heterocycles. The SMILES string of the molecule is CN(C)C(=O)c1cc2ccc(Nc3nccc(-c4cc(Cl)ccn4)n3)cc2n1C. The van der Waals surface area contributed by atoms with Crippen molar-refractivity contribution in [1.82, 2.24) is 24.4 Å². The molecule has 4 rings (SSSR count). The molecule has 29 heavy (non-hydrogen) atoms. The fourth-order valence-corrected chi connectivity index (χ4v) is 3.24. The number of aromatic nitrogens is 4. The molecule has 0 aliphatic heterocycles. The summed E-state index contributed by atoms with van der Waals surface area (Å²) in [6.45, 7) is 0. The molecule has 0 fully saturated rings. The van der Waals surface area contributed by atoms with Crippen LogP contribution >= 0.6 is 11.6 Å². The maximum absolute atomic E-state index is 12.4. The number of amides is 1. The molecular formula is C21H19ClN6O. The summed E-state index contributed by atoms with van der Waals surface area (Å²) in [6.07, 6.45) is 3.31. The molecule has 3 aromatic heterocycles. The summed E-state index contributed by atoms with van der Waals surface area (Å²) in [5.74, 6) is 0.408. The molecule has 1 N–H and O–H groups in total. The summed E-state index contributed by atoms with van der Waals surface area (Å²) in [5, 5.41) is 4.80. The molecule has 146 valence electrons. The molecule has 7 nitrogen and oxygen atoms in total. The minimum atomic E-state index is -0.0386. The van der Waals surface area contributed by atoms with Crippen molar-refractivity contribution in [1.29, 1.82) is 0 Å². The Hall–Kier alpha value is -3.45. The van der Waals surface area contributed by atoms with E-state index >= 15 is 0 Å². The minimum Gasteiger partial charge on any atom is -0.343 e. The van der Waals surface area contributed by atoms with Gasteiger partial charge < -0.3 is 14.8 Å². The monoisotopic (exact) mass is 406 g/mol. The van der Waals surface area contributed by atoms with E-state index in [0.29, 0.717) is 28.1 Å². The molecule has 0 aliphatic rings. The highest BCUT2D eigenvalue weighted by Crippen LogP contribution is 2.25. The molecule has 0 saturated carbocycles. The number of rotatable bonds is 4. The number of benzene rings is 1. The van der Waals surface area contributed by atoms with Gasteiger partial charge in [-0.25, -0.2) is 9.97 Å². The summed E-state index contributed by atoms with van der Waals surface area (Å²) in [6, 6.07) is 13.0. The topological polar surface area (TPSA) is 75.9 Å². The van der Waals surface area contributed by atoms with E-state index in [1.807, 2.05) is 35.9 Å². The number of pyridine rings is 1. The highest BCUT2D eigenvalue weighted by atomic mass is 35.5. The van der Waals surface area contributed by atoms with Crippen molar-refractivity contribution in [3.63, 3.8) is 0 Å². The molecule has 1 amide bonds. The van der Waals surface area contributed by atoms with Crippen molar-refractivity contribution < 1.29 is 4.79 Å². The standard InChI is InChI=1S/C21H19ClN6O/c1-27(2)20(29)19-10-13-4-5-15(12-18(13)28(19)3)25-21-24-9-7-16(26-21)17-11-14(22)6-8-23-17/h4-12H,1-3H3,(H,24,25,26). The fraction of sp³-hybridized carbons (Fsp3) is 0.143. The van der Waals surface area contributed by atoms with Gasteiger partial charge in [0.15, 0.2) is 0 Å². The Labute approximate surface area is 173 Å². The van der Waals surface area contributed by atoms with E-state index in [1.165, 1.54) is 0 Å². The number of hydrogen-bond donors (Lipinski definition) is 1. The van der Waals surface area contributed by atoms with Crippen LogP contribution in [0.15, 0.2) is 54.9 Å². The summed E-state index contributed by atoms with van der Waals surface area (Å²) < 4.78 is 1.88. The van der Waals surface area contributed by atoms with Gasteiger partial charge in [0.05, 0.1) is 16.9 Å². The first-order valence-electron chi connectivity index (χ1n) is 8.95. The van der Waals surface area contributed by atoms with Gasteiger partial charge in [0.1, 0.15) is 5.69 Å². The van der Waals surface area contributed by atoms with Crippen molar-refractivity contribution in [2.75, 3.05) is 19.4 Å². The van der Waals surface area contributed by atoms with Crippen LogP contribution in [0, 0.1) is 0 Å². The maximum atomic E-state index is 12.4. The van der Waals surface area contributed by atoms with E-state index in [1.54, 1.807) is 49.6 Å². The number of hydrogen-bond acceptors (Lipinski definition) is 5. The average Bonchev–Trinajstić information content (AvgIpc) is 3.04. The summed E-state index contributed by atoms with van der Waals surface area (Å²) in [4.78, 5) is 27.0. The van der Waals surface area contributed by atoms with Crippen LogP contribution in [0.25, 0.3) is 22.3 Å². The van der Waals surface area contributed by atoms with Gasteiger partial charge in [-0.05, 0) is 36.4 Å². The Balaban J connectivity index is 1.65. The van der Waals surface area contributed by atoms with Crippen LogP contribution in [0.2, 0.25) is 5.02 Å². The molecule has 0 bridgehead atoms. The van der Waals surface area contributed by atoms with Gasteiger partial charge in [-0.2, -0.15) is 0 Å². The number of halogens is 1. The lowest BCUT2D eigenvalue weighted by Gasteiger charge is -2.11. The predicted octanol–water partition coefficient (Wildman–Crippen LogP) is 4.13. The van der Waals surface area contributed by atoms with Gasteiger partial charge in [-0.3, -0.25) is 9.78 Å². The molecule has 0 aliphatic carbocycles. The Morgan fingerprint density at radius 3 is 2.59 bits per heavy atom. The molecule has 0 radical (unpaired) electrons. The molecule has 1 aromatic carbocycles. The lowest BCUT2D eigenvalue weighted by Crippen LogP contribution is -2.23. The third-order valence-electron chi connectivity index (χ3n) is 4.57. The fourth-order valence-electron chi connectivity index (χ4n) is 3.08. The van der Waals surface area contributed by atoms with Crippen LogP contribution in [-0.4, -0.2) is 44.4 Å². The van der Waals surface area contributed by atoms with Crippen molar-refractivity contribution >= 4 is 40.0 Å². The Morgan fingerprint density at radius 1 is 1.03 bits per heavy atom. The largest absolute Gasteiger partial charge is 0.343 e. The van der Waals surface area contributed by atoms with Gasteiger partial charge in [0.2, 0.25) is 5.95 Å². The first-order chi connectivity index (χ1) is 13.9. The zero-order chi connectivity index (χ0) is 20.5. The van der Waals surface area contributed by atoms with Gasteiger partial charge >= 0.3 is 0 Å². The predicted molar refractivity (Wildman–Crippen MR) is 114 cm³/mol. The Bertz CT molecular complexity index is 1220. The molecule has 0 unspecified atom stereocenters. The summed E-state index contributed by atoms with van der Waals surface area (Å²) in [7, 11) is 5.36. The minimum absolute atomic E-state index is 0.0386. The van der Waals surface area contributed by atoms with E-state index in [-0.39, 0.29) is 5.91 Å². The molecule has 3 heterocycles. The molecule has 4 aromatic rings. The van der Waals surface area contributed by atoms with Crippen molar-refractivity contribution in [2.45, 2.75) is 0 Å². The van der Waals surface area contributed by atoms with E-state index in [4.69, 9.17) is 11.6 Å². The highest BCUT2D eigenvalue weighted by molar-refractivity contribution is 6.30. The zero-order valence-electron chi connectivity index (χ0n) is 16.2. The van der Waals surface area contributed by atoms with Crippen LogP contribution < -0.4 is 5.32 Å². The Morgan fingerprint density at radius 2 is 1.83 bits per heavy atom. The van der Waals surface area contributed by atoms with Crippen molar-refractivity contribution in [2.24, 2.45) is 7.05 Å².